The summed E-state index contributed by atoms with van der Waals surface area (Å²) in [5.74, 6) is -2.22. The molecule has 34 heavy (non-hydrogen) atoms. The number of esters is 1. The van der Waals surface area contributed by atoms with Gasteiger partial charge in [-0.15, -0.1) is 0 Å². The molecule has 1 aliphatic rings. The SMILES string of the molecule is COC(=O)c1ccc(C2/C(=C(\O)c3ccc(Cl)cc3)C(=O)C(=O)N2CCc2ccccc2)cc1. The highest BCUT2D eigenvalue weighted by molar-refractivity contribution is 6.46. The van der Waals surface area contributed by atoms with E-state index in [0.717, 1.165) is 5.56 Å². The van der Waals surface area contributed by atoms with E-state index in [2.05, 4.69) is 0 Å². The average Bonchev–Trinajstić information content (AvgIpc) is 3.12. The van der Waals surface area contributed by atoms with Gasteiger partial charge in [0, 0.05) is 17.1 Å². The van der Waals surface area contributed by atoms with Crippen molar-refractivity contribution in [3.05, 3.63) is 112 Å². The van der Waals surface area contributed by atoms with Crippen molar-refractivity contribution in [2.45, 2.75) is 12.5 Å². The molecule has 172 valence electrons. The van der Waals surface area contributed by atoms with Gasteiger partial charge in [-0.1, -0.05) is 54.1 Å². The minimum absolute atomic E-state index is 0.00815. The number of hydrogen-bond donors (Lipinski definition) is 1. The summed E-state index contributed by atoms with van der Waals surface area (Å²) in [6.45, 7) is 0.273. The maximum Gasteiger partial charge on any atom is 0.337 e. The first-order valence-electron chi connectivity index (χ1n) is 10.7. The molecule has 0 radical (unpaired) electrons. The standard InChI is InChI=1S/C27H22ClNO5/c1-34-27(33)20-9-7-18(8-10-20)23-22(24(30)19-11-13-21(28)14-12-19)25(31)26(32)29(23)16-15-17-5-3-2-4-6-17/h2-14,23,30H,15-16H2,1H3/b24-22+. The van der Waals surface area contributed by atoms with Crippen LogP contribution in [0.25, 0.3) is 5.76 Å². The quantitative estimate of drug-likeness (QED) is 0.240. The summed E-state index contributed by atoms with van der Waals surface area (Å²) in [7, 11) is 1.29. The number of aliphatic hydroxyl groups excluding tert-OH is 1. The third-order valence-electron chi connectivity index (χ3n) is 5.79. The second kappa shape index (κ2) is 9.93. The summed E-state index contributed by atoms with van der Waals surface area (Å²) in [4.78, 5) is 39.5. The van der Waals surface area contributed by atoms with E-state index in [4.69, 9.17) is 16.3 Å². The van der Waals surface area contributed by atoms with Crippen LogP contribution in [0.5, 0.6) is 0 Å². The minimum atomic E-state index is -0.814. The molecule has 6 nitrogen and oxygen atoms in total. The highest BCUT2D eigenvalue weighted by atomic mass is 35.5. The first kappa shape index (κ1) is 23.3. The summed E-state index contributed by atoms with van der Waals surface area (Å²) in [6, 6.07) is 21.7. The second-order valence-corrected chi connectivity index (χ2v) is 8.29. The number of carbonyl (C=O) groups is 3. The zero-order chi connectivity index (χ0) is 24.2. The second-order valence-electron chi connectivity index (χ2n) is 7.85. The van der Waals surface area contributed by atoms with E-state index in [9.17, 15) is 19.5 Å². The molecule has 1 amide bonds. The van der Waals surface area contributed by atoms with Crippen LogP contribution in [-0.2, 0) is 20.7 Å². The Morgan fingerprint density at radius 3 is 2.18 bits per heavy atom. The number of Topliss-reactive ketones (excluding diaryl/α,β-unsaturated/α-hetero) is 1. The lowest BCUT2D eigenvalue weighted by molar-refractivity contribution is -0.139. The number of rotatable bonds is 6. The lowest BCUT2D eigenvalue weighted by atomic mass is 9.94. The highest BCUT2D eigenvalue weighted by Gasteiger charge is 2.45. The Morgan fingerprint density at radius 2 is 1.56 bits per heavy atom. The van der Waals surface area contributed by atoms with E-state index < -0.39 is 23.7 Å². The van der Waals surface area contributed by atoms with Gasteiger partial charge in [-0.05, 0) is 53.9 Å². The third kappa shape index (κ3) is 4.58. The lowest BCUT2D eigenvalue weighted by Gasteiger charge is -2.25. The van der Waals surface area contributed by atoms with Crippen LogP contribution in [-0.4, -0.2) is 41.3 Å². The van der Waals surface area contributed by atoms with Crippen molar-refractivity contribution < 1.29 is 24.2 Å². The van der Waals surface area contributed by atoms with Crippen molar-refractivity contribution in [3.63, 3.8) is 0 Å². The van der Waals surface area contributed by atoms with E-state index in [0.29, 0.717) is 28.1 Å². The topological polar surface area (TPSA) is 83.9 Å². The highest BCUT2D eigenvalue weighted by Crippen LogP contribution is 2.39. The first-order chi connectivity index (χ1) is 16.4. The van der Waals surface area contributed by atoms with Gasteiger partial charge >= 0.3 is 5.97 Å². The van der Waals surface area contributed by atoms with Crippen molar-refractivity contribution in [2.24, 2.45) is 0 Å². The van der Waals surface area contributed by atoms with Crippen LogP contribution in [0.4, 0.5) is 0 Å². The van der Waals surface area contributed by atoms with Gasteiger partial charge in [0.05, 0.1) is 24.3 Å². The molecular formula is C27H22ClNO5. The third-order valence-corrected chi connectivity index (χ3v) is 6.04. The monoisotopic (exact) mass is 475 g/mol. The van der Waals surface area contributed by atoms with Crippen molar-refractivity contribution in [3.8, 4) is 0 Å². The predicted molar refractivity (Wildman–Crippen MR) is 128 cm³/mol. The molecule has 0 spiro atoms. The molecule has 1 saturated heterocycles. The van der Waals surface area contributed by atoms with Gasteiger partial charge < -0.3 is 14.7 Å². The summed E-state index contributed by atoms with van der Waals surface area (Å²) in [5, 5.41) is 11.6. The average molecular weight is 476 g/mol. The number of halogens is 1. The van der Waals surface area contributed by atoms with E-state index in [1.54, 1.807) is 48.5 Å². The molecule has 3 aromatic rings. The van der Waals surface area contributed by atoms with E-state index in [-0.39, 0.29) is 17.9 Å². The molecule has 0 aromatic heterocycles. The molecule has 0 aliphatic carbocycles. The Bertz CT molecular complexity index is 1250. The summed E-state index contributed by atoms with van der Waals surface area (Å²) >= 11 is 5.96. The zero-order valence-corrected chi connectivity index (χ0v) is 19.2. The molecule has 1 aliphatic heterocycles. The maximum absolute atomic E-state index is 13.1. The number of ether oxygens (including phenoxy) is 1. The number of likely N-dealkylation sites (tertiary alicyclic amines) is 1. The van der Waals surface area contributed by atoms with Crippen molar-refractivity contribution in [1.82, 2.24) is 4.90 Å². The van der Waals surface area contributed by atoms with E-state index in [1.807, 2.05) is 30.3 Å². The number of carbonyl (C=O) groups excluding carboxylic acids is 3. The van der Waals surface area contributed by atoms with Gasteiger partial charge in [0.15, 0.2) is 0 Å². The molecule has 1 N–H and O–H groups in total. The van der Waals surface area contributed by atoms with Crippen LogP contribution in [0.15, 0.2) is 84.4 Å². The minimum Gasteiger partial charge on any atom is -0.507 e. The van der Waals surface area contributed by atoms with E-state index in [1.165, 1.54) is 12.0 Å². The van der Waals surface area contributed by atoms with Gasteiger partial charge in [-0.2, -0.15) is 0 Å². The lowest BCUT2D eigenvalue weighted by Crippen LogP contribution is -2.31. The molecule has 0 saturated carbocycles. The summed E-state index contributed by atoms with van der Waals surface area (Å²) < 4.78 is 4.75. The van der Waals surface area contributed by atoms with Crippen LogP contribution in [0.3, 0.4) is 0 Å². The largest absolute Gasteiger partial charge is 0.507 e. The number of amides is 1. The fourth-order valence-corrected chi connectivity index (χ4v) is 4.16. The number of benzene rings is 3. The van der Waals surface area contributed by atoms with Gasteiger partial charge in [-0.3, -0.25) is 9.59 Å². The molecule has 4 rings (SSSR count). The Kier molecular flexibility index (Phi) is 6.80. The fraction of sp³-hybridized carbons (Fsp3) is 0.148. The smallest absolute Gasteiger partial charge is 0.337 e. The fourth-order valence-electron chi connectivity index (χ4n) is 4.03. The molecule has 1 fully saturated rings. The molecule has 1 atom stereocenters. The zero-order valence-electron chi connectivity index (χ0n) is 18.4. The van der Waals surface area contributed by atoms with Crippen LogP contribution < -0.4 is 0 Å². The number of nitrogens with zero attached hydrogens (tertiary/aromatic N) is 1. The number of hydrogen-bond acceptors (Lipinski definition) is 5. The Morgan fingerprint density at radius 1 is 0.941 bits per heavy atom. The van der Waals surface area contributed by atoms with Crippen LogP contribution in [0, 0.1) is 0 Å². The molecule has 1 heterocycles. The molecule has 1 unspecified atom stereocenters. The number of methoxy groups -OCH3 is 1. The van der Waals surface area contributed by atoms with Crippen molar-refractivity contribution in [1.29, 1.82) is 0 Å². The molecule has 7 heteroatoms. The summed E-state index contributed by atoms with van der Waals surface area (Å²) in [6.07, 6.45) is 0.533. The van der Waals surface area contributed by atoms with Gasteiger partial charge in [0.25, 0.3) is 11.7 Å². The maximum atomic E-state index is 13.1. The Hall–Kier alpha value is -3.90. The van der Waals surface area contributed by atoms with Crippen LogP contribution in [0.1, 0.15) is 33.1 Å². The summed E-state index contributed by atoms with van der Waals surface area (Å²) in [5.41, 5.74) is 2.32. The van der Waals surface area contributed by atoms with Crippen LogP contribution >= 0.6 is 11.6 Å². The number of aliphatic hydroxyl groups is 1. The molecule has 3 aromatic carbocycles. The van der Waals surface area contributed by atoms with Gasteiger partial charge in [0.1, 0.15) is 5.76 Å². The molecule has 0 bridgehead atoms. The first-order valence-corrected chi connectivity index (χ1v) is 11.0. The predicted octanol–water partition coefficient (Wildman–Crippen LogP) is 4.79. The van der Waals surface area contributed by atoms with Gasteiger partial charge in [-0.25, -0.2) is 4.79 Å². The van der Waals surface area contributed by atoms with Crippen molar-refractivity contribution in [2.75, 3.05) is 13.7 Å². The van der Waals surface area contributed by atoms with E-state index >= 15 is 0 Å². The Labute approximate surface area is 202 Å². The Balaban J connectivity index is 1.78. The van der Waals surface area contributed by atoms with Crippen LogP contribution in [0.2, 0.25) is 5.02 Å². The number of ketones is 1. The molecular weight excluding hydrogens is 454 g/mol. The van der Waals surface area contributed by atoms with Crippen molar-refractivity contribution >= 4 is 35.0 Å². The van der Waals surface area contributed by atoms with Gasteiger partial charge in [0.2, 0.25) is 0 Å². The normalized spacial score (nSPS) is 17.1.